The van der Waals surface area contributed by atoms with Crippen LogP contribution in [0.25, 0.3) is 0 Å². The number of nitrogens with one attached hydrogen (secondary N) is 1. The van der Waals surface area contributed by atoms with Crippen LogP contribution in [0.2, 0.25) is 0 Å². The molecule has 0 radical (unpaired) electrons. The summed E-state index contributed by atoms with van der Waals surface area (Å²) in [5.74, 6) is 0. The van der Waals surface area contributed by atoms with Crippen molar-refractivity contribution in [1.29, 1.82) is 0 Å². The summed E-state index contributed by atoms with van der Waals surface area (Å²) in [6, 6.07) is 5.53. The van der Waals surface area contributed by atoms with Gasteiger partial charge in [-0.1, -0.05) is 6.07 Å². The molecule has 0 amide bonds. The maximum absolute atomic E-state index is 3.45. The van der Waals surface area contributed by atoms with Crippen LogP contribution in [-0.2, 0) is 0 Å². The van der Waals surface area contributed by atoms with E-state index in [1.807, 2.05) is 11.3 Å². The second-order valence-electron chi connectivity index (χ2n) is 4.99. The zero-order valence-corrected chi connectivity index (χ0v) is 11.8. The topological polar surface area (TPSA) is 18.5 Å². The van der Waals surface area contributed by atoms with Crippen LogP contribution in [-0.4, -0.2) is 56.6 Å². The Labute approximate surface area is 108 Å². The first-order valence-corrected chi connectivity index (χ1v) is 7.18. The zero-order chi connectivity index (χ0) is 12.3. The van der Waals surface area contributed by atoms with E-state index in [0.29, 0.717) is 12.1 Å². The fraction of sp³-hybridized carbons (Fsp3) is 0.692. The predicted molar refractivity (Wildman–Crippen MR) is 74.7 cm³/mol. The third kappa shape index (κ3) is 3.28. The minimum absolute atomic E-state index is 0.494. The lowest BCUT2D eigenvalue weighted by Crippen LogP contribution is -2.50. The normalized spacial score (nSPS) is 25.0. The van der Waals surface area contributed by atoms with E-state index in [4.69, 9.17) is 0 Å². The number of piperazine rings is 1. The van der Waals surface area contributed by atoms with Crippen LogP contribution < -0.4 is 5.32 Å². The molecule has 1 aromatic rings. The Balaban J connectivity index is 1.98. The Kier molecular flexibility index (Phi) is 4.56. The molecule has 1 aromatic heterocycles. The van der Waals surface area contributed by atoms with Gasteiger partial charge in [0.15, 0.2) is 0 Å². The highest BCUT2D eigenvalue weighted by atomic mass is 32.1. The first-order valence-electron chi connectivity index (χ1n) is 6.30. The van der Waals surface area contributed by atoms with Gasteiger partial charge in [0.25, 0.3) is 0 Å². The Bertz CT molecular complexity index is 325. The summed E-state index contributed by atoms with van der Waals surface area (Å²) < 4.78 is 0. The van der Waals surface area contributed by atoms with Crippen molar-refractivity contribution in [2.45, 2.75) is 18.5 Å². The quantitative estimate of drug-likeness (QED) is 0.880. The summed E-state index contributed by atoms with van der Waals surface area (Å²) in [5, 5.41) is 5.62. The van der Waals surface area contributed by atoms with E-state index in [1.54, 1.807) is 0 Å². The molecule has 1 fully saturated rings. The summed E-state index contributed by atoms with van der Waals surface area (Å²) in [7, 11) is 6.54. The minimum Gasteiger partial charge on any atom is -0.312 e. The second-order valence-corrected chi connectivity index (χ2v) is 5.97. The zero-order valence-electron chi connectivity index (χ0n) is 11.0. The molecule has 0 bridgehead atoms. The van der Waals surface area contributed by atoms with Gasteiger partial charge in [-0.05, 0) is 39.0 Å². The van der Waals surface area contributed by atoms with Crippen LogP contribution >= 0.6 is 11.3 Å². The molecule has 1 saturated heterocycles. The molecule has 0 saturated carbocycles. The summed E-state index contributed by atoms with van der Waals surface area (Å²) >= 11 is 1.85. The molecule has 1 aliphatic rings. The largest absolute Gasteiger partial charge is 0.312 e. The minimum atomic E-state index is 0.494. The molecule has 1 aliphatic heterocycles. The van der Waals surface area contributed by atoms with Crippen molar-refractivity contribution in [1.82, 2.24) is 15.1 Å². The predicted octanol–water partition coefficient (Wildman–Crippen LogP) is 1.64. The number of hydrogen-bond acceptors (Lipinski definition) is 4. The fourth-order valence-electron chi connectivity index (χ4n) is 2.49. The lowest BCUT2D eigenvalue weighted by Gasteiger charge is -2.39. The van der Waals surface area contributed by atoms with Crippen molar-refractivity contribution in [3.8, 4) is 0 Å². The lowest BCUT2D eigenvalue weighted by molar-refractivity contribution is 0.102. The fourth-order valence-corrected chi connectivity index (χ4v) is 3.34. The van der Waals surface area contributed by atoms with Gasteiger partial charge in [-0.15, -0.1) is 11.3 Å². The van der Waals surface area contributed by atoms with Crippen molar-refractivity contribution in [2.24, 2.45) is 0 Å². The number of hydrogen-bond donors (Lipinski definition) is 1. The van der Waals surface area contributed by atoms with Gasteiger partial charge in [0.2, 0.25) is 0 Å². The highest BCUT2D eigenvalue weighted by Gasteiger charge is 2.25. The molecule has 2 heterocycles. The van der Waals surface area contributed by atoms with Gasteiger partial charge in [-0.25, -0.2) is 0 Å². The van der Waals surface area contributed by atoms with Gasteiger partial charge < -0.3 is 15.1 Å². The monoisotopic (exact) mass is 253 g/mol. The van der Waals surface area contributed by atoms with E-state index in [-0.39, 0.29) is 0 Å². The van der Waals surface area contributed by atoms with Gasteiger partial charge >= 0.3 is 0 Å². The number of nitrogens with zero attached hydrogens (tertiary/aromatic N) is 2. The van der Waals surface area contributed by atoms with Crippen LogP contribution in [0.3, 0.4) is 0 Å². The summed E-state index contributed by atoms with van der Waals surface area (Å²) in [5.41, 5.74) is 0. The maximum Gasteiger partial charge on any atom is 0.0427 e. The second kappa shape index (κ2) is 5.96. The average molecular weight is 253 g/mol. The smallest absolute Gasteiger partial charge is 0.0427 e. The van der Waals surface area contributed by atoms with E-state index in [2.05, 4.69) is 53.8 Å². The number of thiophene rings is 1. The van der Waals surface area contributed by atoms with Crippen molar-refractivity contribution in [3.63, 3.8) is 0 Å². The van der Waals surface area contributed by atoms with Crippen molar-refractivity contribution in [2.75, 3.05) is 40.8 Å². The third-order valence-corrected chi connectivity index (χ3v) is 4.71. The van der Waals surface area contributed by atoms with Crippen LogP contribution in [0.4, 0.5) is 0 Å². The first-order chi connectivity index (χ1) is 8.20. The Morgan fingerprint density at radius 1 is 1.47 bits per heavy atom. The van der Waals surface area contributed by atoms with Gasteiger partial charge in [-0.2, -0.15) is 0 Å². The molecule has 3 nitrogen and oxygen atoms in total. The third-order valence-electron chi connectivity index (χ3n) is 3.72. The van der Waals surface area contributed by atoms with E-state index < -0.39 is 0 Å². The first kappa shape index (κ1) is 13.0. The number of likely N-dealkylation sites (N-methyl/N-ethyl adjacent to an activating group) is 2. The molecule has 0 aromatic carbocycles. The van der Waals surface area contributed by atoms with E-state index in [1.165, 1.54) is 30.9 Å². The van der Waals surface area contributed by atoms with E-state index >= 15 is 0 Å². The van der Waals surface area contributed by atoms with Crippen LogP contribution in [0, 0.1) is 0 Å². The van der Waals surface area contributed by atoms with Gasteiger partial charge in [0.1, 0.15) is 0 Å². The standard InChI is InChI=1S/C13H23N3S/c1-14-12(13-5-4-8-17-13)9-11-10-15(2)6-7-16(11)3/h4-5,8,11-12,14H,6-7,9-10H2,1-3H3. The summed E-state index contributed by atoms with van der Waals surface area (Å²) in [6.07, 6.45) is 1.19. The molecule has 2 rings (SSSR count). The molecular weight excluding hydrogens is 230 g/mol. The molecule has 2 unspecified atom stereocenters. The molecule has 1 N–H and O–H groups in total. The van der Waals surface area contributed by atoms with E-state index in [9.17, 15) is 0 Å². The Morgan fingerprint density at radius 2 is 2.29 bits per heavy atom. The van der Waals surface area contributed by atoms with Crippen molar-refractivity contribution >= 4 is 11.3 Å². The SMILES string of the molecule is CNC(CC1CN(C)CCN1C)c1cccs1. The van der Waals surface area contributed by atoms with Gasteiger partial charge in [-0.3, -0.25) is 0 Å². The van der Waals surface area contributed by atoms with Crippen molar-refractivity contribution in [3.05, 3.63) is 22.4 Å². The van der Waals surface area contributed by atoms with Crippen LogP contribution in [0.15, 0.2) is 17.5 Å². The van der Waals surface area contributed by atoms with Gasteiger partial charge in [0.05, 0.1) is 0 Å². The highest BCUT2D eigenvalue weighted by molar-refractivity contribution is 7.10. The van der Waals surface area contributed by atoms with Crippen LogP contribution in [0.1, 0.15) is 17.3 Å². The van der Waals surface area contributed by atoms with Crippen LogP contribution in [0.5, 0.6) is 0 Å². The molecule has 0 spiro atoms. The van der Waals surface area contributed by atoms with E-state index in [0.717, 1.165) is 0 Å². The summed E-state index contributed by atoms with van der Waals surface area (Å²) in [4.78, 5) is 6.39. The molecular formula is C13H23N3S. The van der Waals surface area contributed by atoms with Crippen molar-refractivity contribution < 1.29 is 0 Å². The number of rotatable bonds is 4. The molecule has 17 heavy (non-hydrogen) atoms. The Hall–Kier alpha value is -0.420. The highest BCUT2D eigenvalue weighted by Crippen LogP contribution is 2.25. The van der Waals surface area contributed by atoms with Gasteiger partial charge in [0, 0.05) is 36.6 Å². The molecule has 96 valence electrons. The summed E-state index contributed by atoms with van der Waals surface area (Å²) in [6.45, 7) is 3.55. The molecule has 2 atom stereocenters. The molecule has 4 heteroatoms. The molecule has 0 aliphatic carbocycles. The lowest BCUT2D eigenvalue weighted by atomic mass is 10.0. The maximum atomic E-state index is 3.45. The Morgan fingerprint density at radius 3 is 2.94 bits per heavy atom. The average Bonchev–Trinajstić information content (AvgIpc) is 2.84.